The SMILES string of the molecule is CCOC(=O)C(C)(C)Oc1cc(C)cc(CN2CCN(c3nc4ccc(Cl)cc4s3)CC2)c1. The quantitative estimate of drug-likeness (QED) is 0.421. The van der Waals surface area contributed by atoms with Gasteiger partial charge < -0.3 is 14.4 Å². The van der Waals surface area contributed by atoms with E-state index >= 15 is 0 Å². The molecule has 176 valence electrons. The van der Waals surface area contributed by atoms with Crippen molar-refractivity contribution in [3.8, 4) is 5.75 Å². The van der Waals surface area contributed by atoms with Gasteiger partial charge in [-0.05, 0) is 69.2 Å². The summed E-state index contributed by atoms with van der Waals surface area (Å²) in [6, 6.07) is 12.0. The first-order valence-corrected chi connectivity index (χ1v) is 12.4. The number of aryl methyl sites for hydroxylation is 1. The first-order chi connectivity index (χ1) is 15.7. The van der Waals surface area contributed by atoms with E-state index in [-0.39, 0.29) is 5.97 Å². The number of esters is 1. The molecule has 0 atom stereocenters. The Morgan fingerprint density at radius 1 is 1.15 bits per heavy atom. The Bertz CT molecular complexity index is 1140. The molecule has 1 aromatic heterocycles. The summed E-state index contributed by atoms with van der Waals surface area (Å²) in [6.07, 6.45) is 0. The molecule has 0 bridgehead atoms. The van der Waals surface area contributed by atoms with Crippen LogP contribution < -0.4 is 9.64 Å². The second kappa shape index (κ2) is 9.87. The molecule has 33 heavy (non-hydrogen) atoms. The molecule has 0 radical (unpaired) electrons. The monoisotopic (exact) mass is 487 g/mol. The van der Waals surface area contributed by atoms with Gasteiger partial charge in [-0.1, -0.05) is 29.0 Å². The van der Waals surface area contributed by atoms with Gasteiger partial charge in [0, 0.05) is 37.7 Å². The highest BCUT2D eigenvalue weighted by Gasteiger charge is 2.31. The number of nitrogens with zero attached hydrogens (tertiary/aromatic N) is 3. The molecule has 3 aromatic rings. The fourth-order valence-electron chi connectivity index (χ4n) is 3.99. The molecule has 0 spiro atoms. The molecule has 0 saturated carbocycles. The maximum absolute atomic E-state index is 12.2. The highest BCUT2D eigenvalue weighted by atomic mass is 35.5. The number of carbonyl (C=O) groups is 1. The van der Waals surface area contributed by atoms with Crippen molar-refractivity contribution in [1.29, 1.82) is 0 Å². The van der Waals surface area contributed by atoms with Crippen LogP contribution in [0, 0.1) is 6.92 Å². The van der Waals surface area contributed by atoms with Crippen molar-refractivity contribution < 1.29 is 14.3 Å². The fraction of sp³-hybridized carbons (Fsp3) is 0.440. The van der Waals surface area contributed by atoms with Gasteiger partial charge in [0.15, 0.2) is 10.7 Å². The summed E-state index contributed by atoms with van der Waals surface area (Å²) in [4.78, 5) is 21.8. The number of benzene rings is 2. The number of piperazine rings is 1. The Labute approximate surface area is 204 Å². The van der Waals surface area contributed by atoms with E-state index in [1.807, 2.05) is 37.3 Å². The number of aromatic nitrogens is 1. The van der Waals surface area contributed by atoms with Gasteiger partial charge in [0.05, 0.1) is 16.8 Å². The van der Waals surface area contributed by atoms with E-state index in [2.05, 4.69) is 15.9 Å². The van der Waals surface area contributed by atoms with Crippen molar-refractivity contribution in [3.05, 3.63) is 52.5 Å². The number of fused-ring (bicyclic) bond motifs is 1. The Kier molecular flexibility index (Phi) is 7.12. The summed E-state index contributed by atoms with van der Waals surface area (Å²) in [7, 11) is 0. The maximum atomic E-state index is 12.2. The van der Waals surface area contributed by atoms with Crippen LogP contribution in [0.15, 0.2) is 36.4 Å². The van der Waals surface area contributed by atoms with E-state index in [1.165, 1.54) is 5.56 Å². The van der Waals surface area contributed by atoms with Crippen LogP contribution in [0.4, 0.5) is 5.13 Å². The van der Waals surface area contributed by atoms with E-state index in [1.54, 1.807) is 32.1 Å². The Morgan fingerprint density at radius 2 is 1.91 bits per heavy atom. The number of ether oxygens (including phenoxy) is 2. The maximum Gasteiger partial charge on any atom is 0.349 e. The van der Waals surface area contributed by atoms with Crippen molar-refractivity contribution in [2.45, 2.75) is 39.8 Å². The van der Waals surface area contributed by atoms with E-state index in [9.17, 15) is 4.79 Å². The summed E-state index contributed by atoms with van der Waals surface area (Å²) in [6.45, 7) is 12.3. The molecular formula is C25H30ClN3O3S. The number of hydrogen-bond donors (Lipinski definition) is 0. The lowest BCUT2D eigenvalue weighted by molar-refractivity contribution is -0.158. The average molecular weight is 488 g/mol. The largest absolute Gasteiger partial charge is 0.476 e. The summed E-state index contributed by atoms with van der Waals surface area (Å²) in [5.74, 6) is 0.330. The molecule has 8 heteroatoms. The molecule has 1 aliphatic heterocycles. The van der Waals surface area contributed by atoms with Crippen LogP contribution in [0.25, 0.3) is 10.2 Å². The number of halogens is 1. The van der Waals surface area contributed by atoms with Gasteiger partial charge in [-0.25, -0.2) is 9.78 Å². The van der Waals surface area contributed by atoms with E-state index in [0.717, 1.165) is 58.7 Å². The second-order valence-corrected chi connectivity index (χ2v) is 10.3. The summed E-state index contributed by atoms with van der Waals surface area (Å²) < 4.78 is 12.3. The molecule has 1 fully saturated rings. The standard InChI is InChI=1S/C25H30ClN3O3S/c1-5-31-23(30)25(3,4)32-20-13-17(2)12-18(14-20)16-28-8-10-29(11-9-28)24-27-21-7-6-19(26)15-22(21)33-24/h6-7,12-15H,5,8-11,16H2,1-4H3. The minimum atomic E-state index is -1.03. The zero-order chi connectivity index (χ0) is 23.6. The average Bonchev–Trinajstić information content (AvgIpc) is 3.17. The first kappa shape index (κ1) is 23.8. The molecule has 2 aromatic carbocycles. The van der Waals surface area contributed by atoms with E-state index in [4.69, 9.17) is 26.1 Å². The van der Waals surface area contributed by atoms with Crippen LogP contribution in [-0.4, -0.2) is 54.2 Å². The molecule has 0 N–H and O–H groups in total. The highest BCUT2D eigenvalue weighted by molar-refractivity contribution is 7.22. The lowest BCUT2D eigenvalue weighted by Crippen LogP contribution is -2.46. The number of carbonyl (C=O) groups excluding carboxylic acids is 1. The predicted octanol–water partition coefficient (Wildman–Crippen LogP) is 5.30. The summed E-state index contributed by atoms with van der Waals surface area (Å²) in [5, 5.41) is 1.80. The van der Waals surface area contributed by atoms with Gasteiger partial charge in [0.2, 0.25) is 0 Å². The Hall–Kier alpha value is -2.35. The number of thiazole rings is 1. The van der Waals surface area contributed by atoms with Crippen molar-refractivity contribution in [3.63, 3.8) is 0 Å². The lowest BCUT2D eigenvalue weighted by Gasteiger charge is -2.34. The topological polar surface area (TPSA) is 54.9 Å². The van der Waals surface area contributed by atoms with Crippen LogP contribution in [0.1, 0.15) is 31.9 Å². The zero-order valence-electron chi connectivity index (χ0n) is 19.6. The minimum absolute atomic E-state index is 0.335. The number of rotatable bonds is 7. The summed E-state index contributed by atoms with van der Waals surface area (Å²) in [5.41, 5.74) is 2.25. The van der Waals surface area contributed by atoms with Gasteiger partial charge in [-0.2, -0.15) is 0 Å². The van der Waals surface area contributed by atoms with Crippen molar-refractivity contribution in [2.24, 2.45) is 0 Å². The smallest absolute Gasteiger partial charge is 0.349 e. The fourth-order valence-corrected chi connectivity index (χ4v) is 5.29. The molecule has 1 saturated heterocycles. The zero-order valence-corrected chi connectivity index (χ0v) is 21.1. The number of hydrogen-bond acceptors (Lipinski definition) is 7. The Balaban J connectivity index is 1.38. The molecule has 0 unspecified atom stereocenters. The molecule has 0 amide bonds. The van der Waals surface area contributed by atoms with Gasteiger partial charge in [-0.3, -0.25) is 4.90 Å². The van der Waals surface area contributed by atoms with Gasteiger partial charge in [-0.15, -0.1) is 0 Å². The predicted molar refractivity (Wildman–Crippen MR) is 135 cm³/mol. The van der Waals surface area contributed by atoms with Gasteiger partial charge in [0.25, 0.3) is 0 Å². The molecule has 2 heterocycles. The van der Waals surface area contributed by atoms with Crippen molar-refractivity contribution >= 4 is 44.3 Å². The lowest BCUT2D eigenvalue weighted by atomic mass is 10.1. The number of anilines is 1. The van der Waals surface area contributed by atoms with E-state index in [0.29, 0.717) is 12.4 Å². The third kappa shape index (κ3) is 5.78. The van der Waals surface area contributed by atoms with Crippen LogP contribution in [-0.2, 0) is 16.1 Å². The van der Waals surface area contributed by atoms with Crippen LogP contribution in [0.3, 0.4) is 0 Å². The Morgan fingerprint density at radius 3 is 2.64 bits per heavy atom. The van der Waals surface area contributed by atoms with E-state index < -0.39 is 5.60 Å². The molecule has 1 aliphatic rings. The van der Waals surface area contributed by atoms with Gasteiger partial charge in [0.1, 0.15) is 5.75 Å². The van der Waals surface area contributed by atoms with Crippen LogP contribution in [0.2, 0.25) is 5.02 Å². The van der Waals surface area contributed by atoms with Crippen molar-refractivity contribution in [2.75, 3.05) is 37.7 Å². The minimum Gasteiger partial charge on any atom is -0.476 e. The molecule has 0 aliphatic carbocycles. The molecule has 4 rings (SSSR count). The van der Waals surface area contributed by atoms with Gasteiger partial charge >= 0.3 is 5.97 Å². The third-order valence-electron chi connectivity index (χ3n) is 5.64. The second-order valence-electron chi connectivity index (χ2n) is 8.86. The molecular weight excluding hydrogens is 458 g/mol. The third-order valence-corrected chi connectivity index (χ3v) is 6.95. The molecule has 6 nitrogen and oxygen atoms in total. The normalized spacial score (nSPS) is 15.1. The van der Waals surface area contributed by atoms with Crippen molar-refractivity contribution in [1.82, 2.24) is 9.88 Å². The summed E-state index contributed by atoms with van der Waals surface area (Å²) >= 11 is 7.82. The first-order valence-electron chi connectivity index (χ1n) is 11.2. The highest BCUT2D eigenvalue weighted by Crippen LogP contribution is 2.31. The van der Waals surface area contributed by atoms with Crippen LogP contribution >= 0.6 is 22.9 Å². The van der Waals surface area contributed by atoms with Crippen LogP contribution in [0.5, 0.6) is 5.75 Å².